The summed E-state index contributed by atoms with van der Waals surface area (Å²) in [6.07, 6.45) is -7.98. The summed E-state index contributed by atoms with van der Waals surface area (Å²) < 4.78 is 113. The van der Waals surface area contributed by atoms with Gasteiger partial charge in [-0.25, -0.2) is 9.52 Å². The lowest BCUT2D eigenvalue weighted by molar-refractivity contribution is -0.143. The second-order valence-corrected chi connectivity index (χ2v) is 12.2. The first-order valence-electron chi connectivity index (χ1n) is 13.2. The van der Waals surface area contributed by atoms with Gasteiger partial charge < -0.3 is 4.74 Å². The van der Waals surface area contributed by atoms with Gasteiger partial charge in [0.15, 0.2) is 0 Å². The van der Waals surface area contributed by atoms with Crippen molar-refractivity contribution < 1.29 is 49.1 Å². The molecule has 2 saturated carbocycles. The topological polar surface area (TPSA) is 105 Å². The van der Waals surface area contributed by atoms with Gasteiger partial charge in [-0.15, -0.1) is 0 Å². The number of para-hydroxylation sites is 1. The Balaban J connectivity index is 1.34. The highest BCUT2D eigenvalue weighted by atomic mass is 32.2. The van der Waals surface area contributed by atoms with Crippen LogP contribution in [-0.4, -0.2) is 43.9 Å². The minimum absolute atomic E-state index is 0.00833. The zero-order valence-corrected chi connectivity index (χ0v) is 23.2. The van der Waals surface area contributed by atoms with Crippen molar-refractivity contribution in [3.8, 4) is 0 Å². The number of ether oxygens (including phenoxy) is 1. The zero-order chi connectivity index (χ0) is 30.9. The maximum absolute atomic E-state index is 13.2. The molecule has 2 aromatic rings. The summed E-state index contributed by atoms with van der Waals surface area (Å²) >= 11 is 0. The molecule has 2 aliphatic carbocycles. The smallest absolute Gasteiger partial charge is 0.416 e. The molecule has 2 amide bonds. The summed E-state index contributed by atoms with van der Waals surface area (Å²) in [5, 5.41) is 2.66. The highest BCUT2D eigenvalue weighted by molar-refractivity contribution is 7.87. The van der Waals surface area contributed by atoms with Crippen molar-refractivity contribution in [3.05, 3.63) is 65.2 Å². The van der Waals surface area contributed by atoms with Crippen molar-refractivity contribution in [1.82, 2.24) is 9.03 Å². The van der Waals surface area contributed by atoms with Crippen LogP contribution in [0.4, 0.5) is 36.8 Å². The number of carbonyl (C=O) groups excluding carboxylic acids is 2. The molecule has 4 rings (SSSR count). The van der Waals surface area contributed by atoms with Gasteiger partial charge in [0, 0.05) is 29.8 Å². The minimum atomic E-state index is -5.19. The molecule has 1 unspecified atom stereocenters. The fourth-order valence-electron chi connectivity index (χ4n) is 5.25. The van der Waals surface area contributed by atoms with Gasteiger partial charge in [-0.05, 0) is 68.4 Å². The Hall–Kier alpha value is -3.33. The number of nitrogens with one attached hydrogen (secondary N) is 2. The Bertz CT molecular complexity index is 1380. The lowest BCUT2D eigenvalue weighted by Gasteiger charge is -2.32. The molecule has 2 fully saturated rings. The van der Waals surface area contributed by atoms with E-state index in [4.69, 9.17) is 4.74 Å². The van der Waals surface area contributed by atoms with Crippen LogP contribution in [0, 0.1) is 11.3 Å². The summed E-state index contributed by atoms with van der Waals surface area (Å²) in [5.74, 6) is -1.73. The quantitative estimate of drug-likeness (QED) is 0.341. The molecule has 230 valence electrons. The molecule has 2 aliphatic rings. The van der Waals surface area contributed by atoms with Gasteiger partial charge in [0.25, 0.3) is 5.91 Å². The van der Waals surface area contributed by atoms with Crippen LogP contribution in [0.1, 0.15) is 60.5 Å². The third-order valence-corrected chi connectivity index (χ3v) is 9.24. The highest BCUT2D eigenvalue weighted by Crippen LogP contribution is 2.59. The Kier molecular flexibility index (Phi) is 8.84. The molecule has 0 radical (unpaired) electrons. The number of benzene rings is 2. The summed E-state index contributed by atoms with van der Waals surface area (Å²) in [5.41, 5.74) is -4.14. The molecule has 8 nitrogen and oxygen atoms in total. The molecule has 0 bridgehead atoms. The van der Waals surface area contributed by atoms with Gasteiger partial charge in [0.05, 0.1) is 11.1 Å². The number of halogens is 6. The average Bonchev–Trinajstić information content (AvgIpc) is 3.57. The predicted molar refractivity (Wildman–Crippen MR) is 139 cm³/mol. The van der Waals surface area contributed by atoms with Gasteiger partial charge in [0.2, 0.25) is 0 Å². The lowest BCUT2D eigenvalue weighted by Crippen LogP contribution is -2.45. The SMILES string of the molecule is CCN(CC1CCC2(CC1)CC2OC(=O)Nc1ccccc1)S(=O)(=O)NC(=O)c1cc(C(F)(F)F)cc(C(F)(F)F)c1. The van der Waals surface area contributed by atoms with Crippen LogP contribution in [-0.2, 0) is 27.3 Å². The van der Waals surface area contributed by atoms with Crippen molar-refractivity contribution in [2.24, 2.45) is 11.3 Å². The number of rotatable bonds is 8. The monoisotopic (exact) mass is 621 g/mol. The van der Waals surface area contributed by atoms with E-state index in [2.05, 4.69) is 5.32 Å². The Morgan fingerprint density at radius 3 is 2.07 bits per heavy atom. The van der Waals surface area contributed by atoms with Crippen LogP contribution in [0.3, 0.4) is 0 Å². The number of hydrogen-bond donors (Lipinski definition) is 2. The molecule has 2 aromatic carbocycles. The number of anilines is 1. The zero-order valence-electron chi connectivity index (χ0n) is 22.4. The van der Waals surface area contributed by atoms with E-state index in [0.717, 1.165) is 4.31 Å². The van der Waals surface area contributed by atoms with Crippen molar-refractivity contribution in [2.45, 2.75) is 57.5 Å². The third kappa shape index (κ3) is 7.54. The molecular weight excluding hydrogens is 592 g/mol. The van der Waals surface area contributed by atoms with Crippen molar-refractivity contribution in [2.75, 3.05) is 18.4 Å². The van der Waals surface area contributed by atoms with E-state index in [9.17, 15) is 44.3 Å². The Labute approximate surface area is 238 Å². The van der Waals surface area contributed by atoms with Gasteiger partial charge in [-0.3, -0.25) is 10.1 Å². The number of hydrogen-bond acceptors (Lipinski definition) is 5. The third-order valence-electron chi connectivity index (χ3n) is 7.71. The van der Waals surface area contributed by atoms with Gasteiger partial charge in [-0.1, -0.05) is 25.1 Å². The van der Waals surface area contributed by atoms with Crippen molar-refractivity contribution >= 4 is 27.9 Å². The Morgan fingerprint density at radius 2 is 1.55 bits per heavy atom. The van der Waals surface area contributed by atoms with E-state index < -0.39 is 51.3 Å². The lowest BCUT2D eigenvalue weighted by atomic mass is 9.79. The van der Waals surface area contributed by atoms with Crippen LogP contribution in [0.2, 0.25) is 0 Å². The maximum atomic E-state index is 13.2. The molecule has 2 N–H and O–H groups in total. The van der Waals surface area contributed by atoms with E-state index in [1.165, 1.54) is 6.92 Å². The van der Waals surface area contributed by atoms with Crippen LogP contribution in [0.25, 0.3) is 0 Å². The molecule has 0 heterocycles. The molecule has 15 heteroatoms. The van der Waals surface area contributed by atoms with Crippen LogP contribution >= 0.6 is 0 Å². The first-order valence-corrected chi connectivity index (χ1v) is 14.6. The molecule has 0 aliphatic heterocycles. The van der Waals surface area contributed by atoms with Crippen LogP contribution in [0.5, 0.6) is 0 Å². The van der Waals surface area contributed by atoms with Gasteiger partial charge in [-0.2, -0.15) is 39.1 Å². The fraction of sp³-hybridized carbons (Fsp3) is 0.481. The molecule has 42 heavy (non-hydrogen) atoms. The second kappa shape index (κ2) is 11.7. The van der Waals surface area contributed by atoms with Gasteiger partial charge >= 0.3 is 28.7 Å². The van der Waals surface area contributed by atoms with E-state index in [-0.39, 0.29) is 48.7 Å². The van der Waals surface area contributed by atoms with E-state index in [0.29, 0.717) is 37.8 Å². The molecule has 1 spiro atoms. The molecular formula is C27H29F6N3O5S. The summed E-state index contributed by atoms with van der Waals surface area (Å²) in [6, 6.07) is 9.01. The van der Waals surface area contributed by atoms with E-state index in [1.54, 1.807) is 29.0 Å². The van der Waals surface area contributed by atoms with Crippen LogP contribution < -0.4 is 10.0 Å². The highest BCUT2D eigenvalue weighted by Gasteiger charge is 2.58. The normalized spacial score (nSPS) is 22.6. The number of carbonyl (C=O) groups is 2. The second-order valence-electron chi connectivity index (χ2n) is 10.6. The maximum Gasteiger partial charge on any atom is 0.416 e. The number of alkyl halides is 6. The molecule has 0 saturated heterocycles. The largest absolute Gasteiger partial charge is 0.445 e. The van der Waals surface area contributed by atoms with E-state index >= 15 is 0 Å². The standard InChI is InChI=1S/C27H29F6N3O5S/c1-2-36(42(39,40)35-23(37)18-12-19(26(28,29)30)14-20(13-18)27(31,32)33)16-17-8-10-25(11-9-17)15-22(25)41-24(38)34-21-6-4-3-5-7-21/h3-7,12-14,17,22H,2,8-11,15-16H2,1H3,(H,34,38)(H,35,37). The molecule has 1 atom stereocenters. The van der Waals surface area contributed by atoms with E-state index in [1.807, 2.05) is 6.07 Å². The first kappa shape index (κ1) is 31.6. The average molecular weight is 622 g/mol. The number of nitrogens with zero attached hydrogens (tertiary/aromatic N) is 1. The molecule has 0 aromatic heterocycles. The number of amides is 2. The predicted octanol–water partition coefficient (Wildman–Crippen LogP) is 6.22. The first-order chi connectivity index (χ1) is 19.5. The summed E-state index contributed by atoms with van der Waals surface area (Å²) in [4.78, 5) is 24.8. The summed E-state index contributed by atoms with van der Waals surface area (Å²) in [7, 11) is -4.59. The van der Waals surface area contributed by atoms with Crippen molar-refractivity contribution in [3.63, 3.8) is 0 Å². The summed E-state index contributed by atoms with van der Waals surface area (Å²) in [6.45, 7) is 1.40. The van der Waals surface area contributed by atoms with Crippen LogP contribution in [0.15, 0.2) is 48.5 Å². The van der Waals surface area contributed by atoms with Crippen molar-refractivity contribution in [1.29, 1.82) is 0 Å². The Morgan fingerprint density at radius 1 is 0.976 bits per heavy atom. The fourth-order valence-corrected chi connectivity index (χ4v) is 6.48. The van der Waals surface area contributed by atoms with Gasteiger partial charge in [0.1, 0.15) is 6.10 Å². The minimum Gasteiger partial charge on any atom is -0.445 e.